The monoisotopic (exact) mass is 230 g/mol. The lowest BCUT2D eigenvalue weighted by atomic mass is 10.0. The van der Waals surface area contributed by atoms with Crippen LogP contribution >= 0.6 is 0 Å². The predicted octanol–water partition coefficient (Wildman–Crippen LogP) is 3.54. The van der Waals surface area contributed by atoms with Gasteiger partial charge in [0, 0.05) is 12.6 Å². The van der Waals surface area contributed by atoms with Crippen molar-refractivity contribution in [2.75, 3.05) is 0 Å². The zero-order valence-corrected chi connectivity index (χ0v) is 11.1. The first-order chi connectivity index (χ1) is 8.21. The van der Waals surface area contributed by atoms with Crippen LogP contribution in [0.15, 0.2) is 18.2 Å². The average Bonchev–Trinajstić information content (AvgIpc) is 2.35. The van der Waals surface area contributed by atoms with Crippen molar-refractivity contribution in [3.63, 3.8) is 0 Å². The molecule has 0 aliphatic heterocycles. The molecule has 1 unspecified atom stereocenters. The number of nitriles is 1. The molecular weight excluding hydrogens is 208 g/mol. The van der Waals surface area contributed by atoms with E-state index in [2.05, 4.69) is 38.2 Å². The highest BCUT2D eigenvalue weighted by molar-refractivity contribution is 5.37. The van der Waals surface area contributed by atoms with Crippen LogP contribution in [-0.2, 0) is 6.54 Å². The summed E-state index contributed by atoms with van der Waals surface area (Å²) >= 11 is 0. The molecule has 2 nitrogen and oxygen atoms in total. The van der Waals surface area contributed by atoms with Gasteiger partial charge in [-0.15, -0.1) is 0 Å². The minimum atomic E-state index is 0.607. The third-order valence-corrected chi connectivity index (χ3v) is 3.18. The minimum Gasteiger partial charge on any atom is -0.310 e. The molecule has 0 amide bonds. The second kappa shape index (κ2) is 7.09. The third kappa shape index (κ3) is 4.20. The first-order valence-electron chi connectivity index (χ1n) is 6.44. The van der Waals surface area contributed by atoms with Crippen molar-refractivity contribution in [3.8, 4) is 6.07 Å². The number of rotatable bonds is 6. The summed E-state index contributed by atoms with van der Waals surface area (Å²) in [5.41, 5.74) is 3.23. The molecule has 1 N–H and O–H groups in total. The smallest absolute Gasteiger partial charge is 0.0991 e. The Balaban J connectivity index is 2.60. The Kier molecular flexibility index (Phi) is 5.72. The third-order valence-electron chi connectivity index (χ3n) is 3.18. The van der Waals surface area contributed by atoms with Gasteiger partial charge in [0.15, 0.2) is 0 Å². The van der Waals surface area contributed by atoms with Crippen LogP contribution in [0.4, 0.5) is 0 Å². The summed E-state index contributed by atoms with van der Waals surface area (Å²) in [6.45, 7) is 7.41. The van der Waals surface area contributed by atoms with Gasteiger partial charge in [-0.25, -0.2) is 0 Å². The molecule has 0 fully saturated rings. The zero-order valence-electron chi connectivity index (χ0n) is 11.1. The fourth-order valence-corrected chi connectivity index (χ4v) is 2.02. The number of nitrogens with one attached hydrogen (secondary N) is 1. The Hall–Kier alpha value is -1.33. The number of hydrogen-bond acceptors (Lipinski definition) is 2. The number of nitrogens with zero attached hydrogens (tertiary/aromatic N) is 1. The Bertz CT molecular complexity index is 390. The van der Waals surface area contributed by atoms with Crippen LogP contribution in [-0.4, -0.2) is 6.04 Å². The summed E-state index contributed by atoms with van der Waals surface area (Å²) in [6.07, 6.45) is 3.62. The zero-order chi connectivity index (χ0) is 12.7. The van der Waals surface area contributed by atoms with Gasteiger partial charge in [0.25, 0.3) is 0 Å². The van der Waals surface area contributed by atoms with Crippen molar-refractivity contribution in [1.29, 1.82) is 5.26 Å². The largest absolute Gasteiger partial charge is 0.310 e. The van der Waals surface area contributed by atoms with Gasteiger partial charge in [-0.3, -0.25) is 0 Å². The molecule has 92 valence electrons. The number of hydrogen-bond donors (Lipinski definition) is 1. The molecule has 0 radical (unpaired) electrons. The molecule has 0 aliphatic carbocycles. The van der Waals surface area contributed by atoms with Crippen molar-refractivity contribution >= 4 is 0 Å². The molecule has 2 heteroatoms. The molecule has 0 saturated carbocycles. The molecule has 0 aliphatic rings. The van der Waals surface area contributed by atoms with Gasteiger partial charge in [0.2, 0.25) is 0 Å². The van der Waals surface area contributed by atoms with E-state index in [1.165, 1.54) is 30.4 Å². The lowest BCUT2D eigenvalue weighted by Crippen LogP contribution is -2.27. The fraction of sp³-hybridized carbons (Fsp3) is 0.533. The van der Waals surface area contributed by atoms with Gasteiger partial charge < -0.3 is 5.32 Å². The van der Waals surface area contributed by atoms with Gasteiger partial charge in [0.05, 0.1) is 11.6 Å². The van der Waals surface area contributed by atoms with Crippen LogP contribution in [0.2, 0.25) is 0 Å². The first kappa shape index (κ1) is 13.7. The van der Waals surface area contributed by atoms with Gasteiger partial charge in [-0.2, -0.15) is 5.26 Å². The highest BCUT2D eigenvalue weighted by atomic mass is 14.9. The summed E-state index contributed by atoms with van der Waals surface area (Å²) in [4.78, 5) is 0. The molecule has 17 heavy (non-hydrogen) atoms. The first-order valence-corrected chi connectivity index (χ1v) is 6.44. The Morgan fingerprint density at radius 3 is 2.65 bits per heavy atom. The van der Waals surface area contributed by atoms with Crippen molar-refractivity contribution in [3.05, 3.63) is 34.9 Å². The normalized spacial score (nSPS) is 12.1. The molecule has 0 bridgehead atoms. The summed E-state index contributed by atoms with van der Waals surface area (Å²) in [5, 5.41) is 12.4. The molecule has 0 heterocycles. The van der Waals surface area contributed by atoms with Gasteiger partial charge >= 0.3 is 0 Å². The summed E-state index contributed by atoms with van der Waals surface area (Å²) in [5.74, 6) is 0. The summed E-state index contributed by atoms with van der Waals surface area (Å²) < 4.78 is 0. The highest BCUT2D eigenvalue weighted by Gasteiger charge is 2.05. The Labute approximate surface area is 105 Å². The van der Waals surface area contributed by atoms with Crippen molar-refractivity contribution in [2.24, 2.45) is 0 Å². The van der Waals surface area contributed by atoms with E-state index in [1.54, 1.807) is 0 Å². The lowest BCUT2D eigenvalue weighted by Gasteiger charge is -2.17. The molecule has 1 aromatic rings. The van der Waals surface area contributed by atoms with Gasteiger partial charge in [0.1, 0.15) is 0 Å². The molecular formula is C15H22N2. The van der Waals surface area contributed by atoms with E-state index in [0.717, 1.165) is 12.1 Å². The number of benzene rings is 1. The minimum absolute atomic E-state index is 0.607. The van der Waals surface area contributed by atoms with Crippen LogP contribution in [0.5, 0.6) is 0 Å². The lowest BCUT2D eigenvalue weighted by molar-refractivity contribution is 0.462. The second-order valence-corrected chi connectivity index (χ2v) is 4.53. The average molecular weight is 230 g/mol. The van der Waals surface area contributed by atoms with Crippen molar-refractivity contribution in [1.82, 2.24) is 5.32 Å². The van der Waals surface area contributed by atoms with E-state index in [0.29, 0.717) is 6.04 Å². The summed E-state index contributed by atoms with van der Waals surface area (Å²) in [6, 6.07) is 8.68. The van der Waals surface area contributed by atoms with E-state index in [4.69, 9.17) is 5.26 Å². The Morgan fingerprint density at radius 1 is 1.35 bits per heavy atom. The molecule has 0 spiro atoms. The maximum absolute atomic E-state index is 8.81. The van der Waals surface area contributed by atoms with E-state index < -0.39 is 0 Å². The fourth-order valence-electron chi connectivity index (χ4n) is 2.02. The second-order valence-electron chi connectivity index (χ2n) is 4.53. The van der Waals surface area contributed by atoms with E-state index >= 15 is 0 Å². The highest BCUT2D eigenvalue weighted by Crippen LogP contribution is 2.11. The van der Waals surface area contributed by atoms with Gasteiger partial charge in [-0.05, 0) is 43.0 Å². The van der Waals surface area contributed by atoms with Gasteiger partial charge in [-0.1, -0.05) is 26.3 Å². The van der Waals surface area contributed by atoms with Crippen molar-refractivity contribution < 1.29 is 0 Å². The van der Waals surface area contributed by atoms with E-state index in [9.17, 15) is 0 Å². The van der Waals surface area contributed by atoms with Crippen LogP contribution in [0, 0.1) is 18.3 Å². The van der Waals surface area contributed by atoms with Crippen LogP contribution in [0.1, 0.15) is 49.8 Å². The summed E-state index contributed by atoms with van der Waals surface area (Å²) in [7, 11) is 0. The van der Waals surface area contributed by atoms with Crippen LogP contribution < -0.4 is 5.32 Å². The van der Waals surface area contributed by atoms with Crippen molar-refractivity contribution in [2.45, 2.75) is 52.6 Å². The standard InChI is InChI=1S/C15H22N2/c1-4-6-15(5-2)17-11-14-8-7-13(10-16)9-12(14)3/h7-9,15,17H,4-6,11H2,1-3H3. The van der Waals surface area contributed by atoms with E-state index in [1.807, 2.05) is 12.1 Å². The maximum Gasteiger partial charge on any atom is 0.0991 e. The SMILES string of the molecule is CCCC(CC)NCc1ccc(C#N)cc1C. The topological polar surface area (TPSA) is 35.8 Å². The van der Waals surface area contributed by atoms with E-state index in [-0.39, 0.29) is 0 Å². The molecule has 1 atom stereocenters. The van der Waals surface area contributed by atoms with Crippen LogP contribution in [0.25, 0.3) is 0 Å². The predicted molar refractivity (Wildman–Crippen MR) is 71.7 cm³/mol. The Morgan fingerprint density at radius 2 is 2.12 bits per heavy atom. The molecule has 1 rings (SSSR count). The quantitative estimate of drug-likeness (QED) is 0.811. The maximum atomic E-state index is 8.81. The number of aryl methyl sites for hydroxylation is 1. The molecule has 0 saturated heterocycles. The molecule has 1 aromatic carbocycles. The molecule has 0 aromatic heterocycles. The van der Waals surface area contributed by atoms with Crippen LogP contribution in [0.3, 0.4) is 0 Å².